The van der Waals surface area contributed by atoms with Crippen molar-refractivity contribution in [3.63, 3.8) is 0 Å². The third kappa shape index (κ3) is 3.67. The molecule has 0 saturated heterocycles. The van der Waals surface area contributed by atoms with E-state index in [9.17, 15) is 13.2 Å². The summed E-state index contributed by atoms with van der Waals surface area (Å²) >= 11 is 0. The Morgan fingerprint density at radius 3 is 2.34 bits per heavy atom. The van der Waals surface area contributed by atoms with Crippen molar-refractivity contribution in [1.29, 1.82) is 0 Å². The van der Waals surface area contributed by atoms with Crippen LogP contribution < -0.4 is 4.57 Å². The maximum Gasteiger partial charge on any atom is 0.394 e. The monoisotopic (exact) mass is 477 g/mol. The Morgan fingerprint density at radius 1 is 0.914 bits per heavy atom. The van der Waals surface area contributed by atoms with Gasteiger partial charge >= 0.3 is 6.18 Å². The summed E-state index contributed by atoms with van der Waals surface area (Å²) in [6.45, 7) is 8.60. The van der Waals surface area contributed by atoms with E-state index in [-0.39, 0.29) is 6.42 Å². The van der Waals surface area contributed by atoms with Gasteiger partial charge in [-0.15, -0.1) is 0 Å². The Balaban J connectivity index is 1.76. The Bertz CT molecular complexity index is 1630. The molecular formula is C29H28F3N2O+. The highest BCUT2D eigenvalue weighted by Gasteiger charge is 2.47. The summed E-state index contributed by atoms with van der Waals surface area (Å²) in [5.41, 5.74) is 6.13. The van der Waals surface area contributed by atoms with Crippen LogP contribution in [0, 0.1) is 26.2 Å². The van der Waals surface area contributed by atoms with Crippen LogP contribution in [-0.4, -0.2) is 11.2 Å². The van der Waals surface area contributed by atoms with Crippen LogP contribution in [0.5, 0.6) is 0 Å². The maximum absolute atomic E-state index is 13.6. The Morgan fingerprint density at radius 2 is 1.63 bits per heavy atom. The first-order valence-electron chi connectivity index (χ1n) is 11.7. The van der Waals surface area contributed by atoms with Crippen molar-refractivity contribution in [2.75, 3.05) is 0 Å². The van der Waals surface area contributed by atoms with Gasteiger partial charge in [-0.1, -0.05) is 26.0 Å². The van der Waals surface area contributed by atoms with Crippen LogP contribution in [0.4, 0.5) is 13.2 Å². The lowest BCUT2D eigenvalue weighted by molar-refractivity contribution is -0.633. The average Bonchev–Trinajstić information content (AvgIpc) is 3.12. The third-order valence-corrected chi connectivity index (χ3v) is 7.25. The van der Waals surface area contributed by atoms with Gasteiger partial charge < -0.3 is 4.42 Å². The van der Waals surface area contributed by atoms with Crippen molar-refractivity contribution in [3.8, 4) is 11.3 Å². The number of aryl methyl sites for hydroxylation is 3. The molecule has 0 fully saturated rings. The summed E-state index contributed by atoms with van der Waals surface area (Å²) in [5.74, 6) is 0. The molecule has 0 aliphatic carbocycles. The summed E-state index contributed by atoms with van der Waals surface area (Å²) in [4.78, 5) is 4.58. The zero-order chi connectivity index (χ0) is 25.3. The van der Waals surface area contributed by atoms with Gasteiger partial charge in [-0.3, -0.25) is 0 Å². The summed E-state index contributed by atoms with van der Waals surface area (Å²) in [7, 11) is 1.95. The lowest BCUT2D eigenvalue weighted by atomic mass is 9.84. The van der Waals surface area contributed by atoms with E-state index in [0.717, 1.165) is 55.3 Å². The quantitative estimate of drug-likeness (QED) is 0.249. The van der Waals surface area contributed by atoms with Crippen LogP contribution in [0.25, 0.3) is 44.2 Å². The highest BCUT2D eigenvalue weighted by atomic mass is 19.4. The third-order valence-electron chi connectivity index (χ3n) is 7.25. The molecule has 3 aromatic heterocycles. The van der Waals surface area contributed by atoms with E-state index in [1.54, 1.807) is 6.07 Å². The Labute approximate surface area is 202 Å². The van der Waals surface area contributed by atoms with E-state index in [1.807, 2.05) is 54.9 Å². The van der Waals surface area contributed by atoms with Crippen molar-refractivity contribution in [2.24, 2.45) is 12.5 Å². The first-order chi connectivity index (χ1) is 16.4. The van der Waals surface area contributed by atoms with Crippen molar-refractivity contribution in [1.82, 2.24) is 4.98 Å². The molecule has 5 aromatic rings. The summed E-state index contributed by atoms with van der Waals surface area (Å²) in [5, 5.41) is 2.79. The lowest BCUT2D eigenvalue weighted by Crippen LogP contribution is -2.35. The van der Waals surface area contributed by atoms with Crippen LogP contribution in [0.15, 0.2) is 52.9 Å². The summed E-state index contributed by atoms with van der Waals surface area (Å²) in [6.07, 6.45) is -4.37. The lowest BCUT2D eigenvalue weighted by Gasteiger charge is -2.28. The molecule has 5 rings (SSSR count). The zero-order valence-electron chi connectivity index (χ0n) is 20.8. The molecule has 35 heavy (non-hydrogen) atoms. The fraction of sp³-hybridized carbons (Fsp3) is 0.310. The molecule has 0 amide bonds. The van der Waals surface area contributed by atoms with E-state index in [0.29, 0.717) is 11.3 Å². The van der Waals surface area contributed by atoms with Crippen LogP contribution in [-0.2, 0) is 13.5 Å². The van der Waals surface area contributed by atoms with Gasteiger partial charge in [-0.2, -0.15) is 17.7 Å². The smallest absolute Gasteiger partial charge is 0.394 e. The number of halogens is 3. The fourth-order valence-electron chi connectivity index (χ4n) is 4.89. The van der Waals surface area contributed by atoms with Gasteiger partial charge in [0.1, 0.15) is 7.05 Å². The van der Waals surface area contributed by atoms with Crippen LogP contribution in [0.3, 0.4) is 0 Å². The van der Waals surface area contributed by atoms with E-state index in [4.69, 9.17) is 4.42 Å². The normalized spacial score (nSPS) is 12.8. The highest BCUT2D eigenvalue weighted by Crippen LogP contribution is 2.42. The van der Waals surface area contributed by atoms with Gasteiger partial charge in [0.05, 0.1) is 11.0 Å². The molecular weight excluding hydrogens is 449 g/mol. The molecule has 0 unspecified atom stereocenters. The topological polar surface area (TPSA) is 29.9 Å². The number of fused-ring (bicyclic) bond motifs is 4. The standard InChI is InChI=1S/C29H28F3N2O/c1-16-14-22-21-11-10-17(2)33-27(21)35-26(22)25(18(16)3)24-13-12-20-19(8-7-9-23(20)34(24)6)15-28(4,5)29(30,31)32/h7-14H,15H2,1-6H3/q+1. The number of hydrogen-bond donors (Lipinski definition) is 0. The minimum atomic E-state index is -4.28. The highest BCUT2D eigenvalue weighted by molar-refractivity contribution is 6.09. The molecule has 0 aliphatic rings. The molecule has 6 heteroatoms. The van der Waals surface area contributed by atoms with Gasteiger partial charge in [0.25, 0.3) is 0 Å². The van der Waals surface area contributed by atoms with Crippen molar-refractivity contribution < 1.29 is 22.2 Å². The number of benzene rings is 2. The molecule has 0 atom stereocenters. The molecule has 0 aliphatic heterocycles. The van der Waals surface area contributed by atoms with Gasteiger partial charge in [0.2, 0.25) is 16.9 Å². The average molecular weight is 478 g/mol. The molecule has 3 nitrogen and oxygen atoms in total. The van der Waals surface area contributed by atoms with E-state index >= 15 is 0 Å². The van der Waals surface area contributed by atoms with Gasteiger partial charge in [0, 0.05) is 34.0 Å². The molecule has 0 N–H and O–H groups in total. The minimum Gasteiger partial charge on any atom is -0.437 e. The number of hydrogen-bond acceptors (Lipinski definition) is 2. The zero-order valence-corrected chi connectivity index (χ0v) is 20.8. The number of pyridine rings is 2. The van der Waals surface area contributed by atoms with E-state index in [2.05, 4.69) is 24.9 Å². The van der Waals surface area contributed by atoms with Crippen LogP contribution in [0.2, 0.25) is 0 Å². The van der Waals surface area contributed by atoms with Crippen molar-refractivity contribution >= 4 is 33.0 Å². The minimum absolute atomic E-state index is 0.0878. The molecule has 0 radical (unpaired) electrons. The van der Waals surface area contributed by atoms with Crippen molar-refractivity contribution in [3.05, 3.63) is 70.9 Å². The van der Waals surface area contributed by atoms with Crippen LogP contribution in [0.1, 0.15) is 36.2 Å². The predicted molar refractivity (Wildman–Crippen MR) is 133 cm³/mol. The first-order valence-corrected chi connectivity index (χ1v) is 11.7. The molecule has 2 aromatic carbocycles. The number of furan rings is 1. The largest absolute Gasteiger partial charge is 0.437 e. The molecule has 0 saturated carbocycles. The van der Waals surface area contributed by atoms with Crippen LogP contribution >= 0.6 is 0 Å². The van der Waals surface area contributed by atoms with E-state index in [1.165, 1.54) is 13.8 Å². The van der Waals surface area contributed by atoms with Gasteiger partial charge in [-0.05, 0) is 68.1 Å². The first kappa shape index (κ1) is 23.3. The number of alkyl halides is 3. The Kier molecular flexibility index (Phi) is 5.20. The maximum atomic E-state index is 13.6. The number of aromatic nitrogens is 2. The van der Waals surface area contributed by atoms with Gasteiger partial charge in [-0.25, -0.2) is 4.98 Å². The fourth-order valence-corrected chi connectivity index (χ4v) is 4.89. The second-order valence-electron chi connectivity index (χ2n) is 10.2. The number of nitrogens with zero attached hydrogens (tertiary/aromatic N) is 2. The summed E-state index contributed by atoms with van der Waals surface area (Å²) in [6, 6.07) is 15.7. The van der Waals surface area contributed by atoms with Crippen molar-refractivity contribution in [2.45, 2.75) is 47.2 Å². The second kappa shape index (κ2) is 7.80. The number of rotatable bonds is 3. The molecule has 0 spiro atoms. The predicted octanol–water partition coefficient (Wildman–Crippen LogP) is 7.68. The van der Waals surface area contributed by atoms with E-state index < -0.39 is 11.6 Å². The summed E-state index contributed by atoms with van der Waals surface area (Å²) < 4.78 is 49.2. The molecule has 0 bridgehead atoms. The Hall–Kier alpha value is -3.41. The van der Waals surface area contributed by atoms with Gasteiger partial charge in [0.15, 0.2) is 5.58 Å². The molecule has 180 valence electrons. The molecule has 3 heterocycles. The SMILES string of the molecule is Cc1ccc2c(n1)oc1c(-c3ccc4c(CC(C)(C)C(F)(F)F)cccc4[n+]3C)c(C)c(C)cc12. The second-order valence-corrected chi connectivity index (χ2v) is 10.2.